The highest BCUT2D eigenvalue weighted by Gasteiger charge is 2.29. The summed E-state index contributed by atoms with van der Waals surface area (Å²) >= 11 is 0. The normalized spacial score (nSPS) is 17.9. The minimum absolute atomic E-state index is 0.0832. The van der Waals surface area contributed by atoms with Crippen LogP contribution < -0.4 is 14.8 Å². The molecule has 2 atom stereocenters. The van der Waals surface area contributed by atoms with Crippen molar-refractivity contribution in [1.82, 2.24) is 29.7 Å². The molecule has 3 heterocycles. The number of rotatable bonds is 9. The van der Waals surface area contributed by atoms with Crippen LogP contribution in [0.5, 0.6) is 11.6 Å². The van der Waals surface area contributed by atoms with Crippen molar-refractivity contribution in [3.63, 3.8) is 0 Å². The number of anilines is 1. The first-order valence-electron chi connectivity index (χ1n) is 11.6. The molecule has 2 N–H and O–H groups in total. The molecule has 3 aromatic heterocycles. The maximum atomic E-state index is 12.4. The maximum absolute atomic E-state index is 12.4. The lowest BCUT2D eigenvalue weighted by Crippen LogP contribution is -2.29. The van der Waals surface area contributed by atoms with Gasteiger partial charge in [-0.25, -0.2) is 15.0 Å². The second-order valence-corrected chi connectivity index (χ2v) is 8.69. The van der Waals surface area contributed by atoms with Crippen molar-refractivity contribution in [2.45, 2.75) is 51.4 Å². The van der Waals surface area contributed by atoms with E-state index in [1.165, 1.54) is 12.3 Å². The fraction of sp³-hybridized carbons (Fsp3) is 0.478. The summed E-state index contributed by atoms with van der Waals surface area (Å²) in [6.07, 6.45) is 2.43. The molecule has 0 spiro atoms. The molecular formula is C23H26F3N7O4. The molecule has 1 aliphatic carbocycles. The van der Waals surface area contributed by atoms with Crippen LogP contribution in [0.3, 0.4) is 0 Å². The highest BCUT2D eigenvalue weighted by molar-refractivity contribution is 5.70. The zero-order valence-corrected chi connectivity index (χ0v) is 20.2. The molecule has 198 valence electrons. The van der Waals surface area contributed by atoms with E-state index >= 15 is 0 Å². The fourth-order valence-corrected chi connectivity index (χ4v) is 4.04. The molecule has 37 heavy (non-hydrogen) atoms. The van der Waals surface area contributed by atoms with Gasteiger partial charge in [-0.05, 0) is 32.6 Å². The van der Waals surface area contributed by atoms with Gasteiger partial charge in [-0.15, -0.1) is 0 Å². The number of hydrogen-bond donors (Lipinski definition) is 2. The van der Waals surface area contributed by atoms with E-state index in [0.29, 0.717) is 41.4 Å². The minimum Gasteiger partial charge on any atom is -0.487 e. The van der Waals surface area contributed by atoms with Crippen LogP contribution >= 0.6 is 0 Å². The summed E-state index contributed by atoms with van der Waals surface area (Å²) in [4.78, 5) is 28.3. The van der Waals surface area contributed by atoms with E-state index in [0.717, 1.165) is 12.8 Å². The van der Waals surface area contributed by atoms with Crippen LogP contribution in [0.1, 0.15) is 37.1 Å². The van der Waals surface area contributed by atoms with Crippen LogP contribution in [-0.4, -0.2) is 59.7 Å². The van der Waals surface area contributed by atoms with Gasteiger partial charge in [-0.1, -0.05) is 0 Å². The Balaban J connectivity index is 1.44. The molecule has 0 unspecified atom stereocenters. The summed E-state index contributed by atoms with van der Waals surface area (Å²) in [7, 11) is 1.73. The van der Waals surface area contributed by atoms with Gasteiger partial charge in [-0.3, -0.25) is 9.48 Å². The van der Waals surface area contributed by atoms with Gasteiger partial charge in [0, 0.05) is 19.3 Å². The lowest BCUT2D eigenvalue weighted by atomic mass is 9.87. The molecule has 0 saturated heterocycles. The lowest BCUT2D eigenvalue weighted by Gasteiger charge is -2.27. The van der Waals surface area contributed by atoms with Crippen LogP contribution in [0.4, 0.5) is 19.1 Å². The van der Waals surface area contributed by atoms with Gasteiger partial charge in [0.05, 0.1) is 47.9 Å². The maximum Gasteiger partial charge on any atom is 0.422 e. The SMILES string of the molecule is Cc1nc(-c2cnn(C)c2CNc2nccc(OCC(F)(F)F)n2)ncc1O[C@H]1CCC[C@H](C(=O)O)C1. The second-order valence-electron chi connectivity index (χ2n) is 8.69. The molecule has 4 rings (SSSR count). The molecule has 1 fully saturated rings. The molecule has 1 aliphatic rings. The number of alkyl halides is 3. The summed E-state index contributed by atoms with van der Waals surface area (Å²) in [5.41, 5.74) is 1.93. The first-order chi connectivity index (χ1) is 17.6. The summed E-state index contributed by atoms with van der Waals surface area (Å²) in [6.45, 7) is 0.521. The Kier molecular flexibility index (Phi) is 7.74. The minimum atomic E-state index is -4.47. The van der Waals surface area contributed by atoms with Crippen molar-refractivity contribution in [3.8, 4) is 23.0 Å². The average molecular weight is 522 g/mol. The average Bonchev–Trinajstić information content (AvgIpc) is 3.23. The Morgan fingerprint density at radius 3 is 2.78 bits per heavy atom. The third kappa shape index (κ3) is 6.83. The van der Waals surface area contributed by atoms with E-state index in [1.54, 1.807) is 31.0 Å². The number of nitrogens with one attached hydrogen (secondary N) is 1. The Hall–Kier alpha value is -3.97. The number of halogens is 3. The van der Waals surface area contributed by atoms with E-state index in [2.05, 4.69) is 35.1 Å². The number of ether oxygens (including phenoxy) is 2. The zero-order valence-electron chi connectivity index (χ0n) is 20.2. The summed E-state index contributed by atoms with van der Waals surface area (Å²) in [5, 5.41) is 16.5. The fourth-order valence-electron chi connectivity index (χ4n) is 4.04. The van der Waals surface area contributed by atoms with E-state index in [-0.39, 0.29) is 24.5 Å². The number of aliphatic carboxylic acids is 1. The van der Waals surface area contributed by atoms with Crippen LogP contribution in [-0.2, 0) is 18.4 Å². The van der Waals surface area contributed by atoms with E-state index in [1.807, 2.05) is 0 Å². The van der Waals surface area contributed by atoms with E-state index in [9.17, 15) is 23.1 Å². The smallest absolute Gasteiger partial charge is 0.422 e. The van der Waals surface area contributed by atoms with Gasteiger partial charge in [0.25, 0.3) is 0 Å². The highest BCUT2D eigenvalue weighted by Crippen LogP contribution is 2.30. The molecular weight excluding hydrogens is 495 g/mol. The number of nitrogens with zero attached hydrogens (tertiary/aromatic N) is 6. The molecule has 14 heteroatoms. The number of hydrogen-bond acceptors (Lipinski definition) is 9. The first-order valence-corrected chi connectivity index (χ1v) is 11.6. The van der Waals surface area contributed by atoms with Crippen LogP contribution in [0.2, 0.25) is 0 Å². The molecule has 0 aliphatic heterocycles. The molecule has 0 bridgehead atoms. The molecule has 3 aromatic rings. The second kappa shape index (κ2) is 11.0. The Morgan fingerprint density at radius 1 is 1.24 bits per heavy atom. The number of aryl methyl sites for hydroxylation is 2. The monoisotopic (exact) mass is 521 g/mol. The predicted octanol–water partition coefficient (Wildman–Crippen LogP) is 3.55. The standard InChI is InChI=1S/C23H26F3N7O4/c1-13-18(37-15-5-3-4-14(8-15)21(34)35)11-28-20(31-13)16-9-30-33(2)17(16)10-29-22-27-7-6-19(32-22)36-12-23(24,25)26/h6-7,9,11,14-15H,3-5,8,10,12H2,1-2H3,(H,34,35)(H,27,29,32)/t14-,15-/m0/s1. The third-order valence-corrected chi connectivity index (χ3v) is 5.93. The van der Waals surface area contributed by atoms with Crippen LogP contribution in [0, 0.1) is 12.8 Å². The number of carbonyl (C=O) groups is 1. The van der Waals surface area contributed by atoms with E-state index in [4.69, 9.17) is 4.74 Å². The number of aromatic nitrogens is 6. The Morgan fingerprint density at radius 2 is 2.05 bits per heavy atom. The van der Waals surface area contributed by atoms with E-state index < -0.39 is 24.7 Å². The van der Waals surface area contributed by atoms with Crippen molar-refractivity contribution in [3.05, 3.63) is 36.0 Å². The molecule has 0 amide bonds. The van der Waals surface area contributed by atoms with Gasteiger partial charge in [0.1, 0.15) is 0 Å². The lowest BCUT2D eigenvalue weighted by molar-refractivity contribution is -0.154. The van der Waals surface area contributed by atoms with Gasteiger partial charge in [0.2, 0.25) is 11.8 Å². The quantitative estimate of drug-likeness (QED) is 0.430. The summed E-state index contributed by atoms with van der Waals surface area (Å²) in [6, 6.07) is 1.24. The van der Waals surface area contributed by atoms with Crippen LogP contribution in [0.25, 0.3) is 11.4 Å². The van der Waals surface area contributed by atoms with Crippen molar-refractivity contribution >= 4 is 11.9 Å². The predicted molar refractivity (Wildman–Crippen MR) is 124 cm³/mol. The molecule has 0 aromatic carbocycles. The Labute approximate surface area is 210 Å². The van der Waals surface area contributed by atoms with Crippen molar-refractivity contribution in [2.75, 3.05) is 11.9 Å². The van der Waals surface area contributed by atoms with Gasteiger partial charge in [0.15, 0.2) is 18.2 Å². The van der Waals surface area contributed by atoms with Gasteiger partial charge >= 0.3 is 12.1 Å². The zero-order chi connectivity index (χ0) is 26.6. The van der Waals surface area contributed by atoms with Crippen molar-refractivity contribution < 1.29 is 32.5 Å². The summed E-state index contributed by atoms with van der Waals surface area (Å²) in [5.74, 6) is -0.439. The molecule has 1 saturated carbocycles. The molecule has 11 nitrogen and oxygen atoms in total. The Bertz CT molecular complexity index is 1250. The largest absolute Gasteiger partial charge is 0.487 e. The van der Waals surface area contributed by atoms with Gasteiger partial charge in [-0.2, -0.15) is 23.3 Å². The summed E-state index contributed by atoms with van der Waals surface area (Å²) < 4.78 is 49.5. The van der Waals surface area contributed by atoms with Crippen molar-refractivity contribution in [2.24, 2.45) is 13.0 Å². The first kappa shape index (κ1) is 26.1. The molecule has 0 radical (unpaired) electrons. The number of carboxylic acid groups (broad SMARTS) is 1. The third-order valence-electron chi connectivity index (χ3n) is 5.93. The van der Waals surface area contributed by atoms with Crippen molar-refractivity contribution in [1.29, 1.82) is 0 Å². The topological polar surface area (TPSA) is 137 Å². The van der Waals surface area contributed by atoms with Gasteiger partial charge < -0.3 is 19.9 Å². The highest BCUT2D eigenvalue weighted by atomic mass is 19.4. The van der Waals surface area contributed by atoms with Crippen LogP contribution in [0.15, 0.2) is 24.7 Å². The number of carboxylic acids is 1.